The molecule has 2 unspecified atom stereocenters. The highest BCUT2D eigenvalue weighted by atomic mass is 32.1. The van der Waals surface area contributed by atoms with E-state index in [-0.39, 0.29) is 5.41 Å². The first-order valence-electron chi connectivity index (χ1n) is 8.27. The van der Waals surface area contributed by atoms with Crippen molar-refractivity contribution in [3.63, 3.8) is 0 Å². The summed E-state index contributed by atoms with van der Waals surface area (Å²) in [6, 6.07) is 10.9. The third-order valence-electron chi connectivity index (χ3n) is 5.39. The van der Waals surface area contributed by atoms with Gasteiger partial charge in [-0.2, -0.15) is 5.10 Å². The summed E-state index contributed by atoms with van der Waals surface area (Å²) in [7, 11) is 1.82. The lowest BCUT2D eigenvalue weighted by Crippen LogP contribution is -2.64. The van der Waals surface area contributed by atoms with Gasteiger partial charge < -0.3 is 15.1 Å². The van der Waals surface area contributed by atoms with Gasteiger partial charge in [0, 0.05) is 52.2 Å². The highest BCUT2D eigenvalue weighted by Crippen LogP contribution is 2.40. The second-order valence-electron chi connectivity index (χ2n) is 6.80. The zero-order valence-corrected chi connectivity index (χ0v) is 14.3. The molecule has 0 spiro atoms. The van der Waals surface area contributed by atoms with Crippen molar-refractivity contribution in [2.45, 2.75) is 5.41 Å². The number of nitrogens with zero attached hydrogens (tertiary/aromatic N) is 3. The number of hydrogen-bond acceptors (Lipinski definition) is 4. The Kier molecular flexibility index (Phi) is 3.83. The van der Waals surface area contributed by atoms with Crippen molar-refractivity contribution in [2.75, 3.05) is 46.3 Å². The maximum absolute atomic E-state index is 5.22. The van der Waals surface area contributed by atoms with E-state index in [9.17, 15) is 0 Å². The van der Waals surface area contributed by atoms with Crippen molar-refractivity contribution in [3.8, 4) is 0 Å². The molecule has 122 valence electrons. The molecule has 4 aliphatic rings. The van der Waals surface area contributed by atoms with Gasteiger partial charge in [-0.05, 0) is 17.8 Å². The van der Waals surface area contributed by atoms with Crippen molar-refractivity contribution >= 4 is 23.0 Å². The molecule has 5 nitrogen and oxygen atoms in total. The van der Waals surface area contributed by atoms with Crippen molar-refractivity contribution < 1.29 is 0 Å². The molecule has 4 saturated heterocycles. The molecule has 5 rings (SSSR count). The van der Waals surface area contributed by atoms with Crippen LogP contribution in [0.15, 0.2) is 35.4 Å². The molecule has 1 aromatic carbocycles. The fraction of sp³-hybridized carbons (Fsp3) is 0.529. The van der Waals surface area contributed by atoms with Crippen LogP contribution in [0.5, 0.6) is 0 Å². The Morgan fingerprint density at radius 1 is 1.17 bits per heavy atom. The Labute approximate surface area is 142 Å². The molecule has 4 heterocycles. The highest BCUT2D eigenvalue weighted by Gasteiger charge is 2.53. The van der Waals surface area contributed by atoms with Crippen LogP contribution >= 0.6 is 12.2 Å². The van der Waals surface area contributed by atoms with Gasteiger partial charge in [-0.3, -0.25) is 5.43 Å². The smallest absolute Gasteiger partial charge is 0.186 e. The van der Waals surface area contributed by atoms with E-state index in [0.29, 0.717) is 11.0 Å². The van der Waals surface area contributed by atoms with E-state index in [1.807, 2.05) is 7.05 Å². The second-order valence-corrected chi connectivity index (χ2v) is 7.21. The largest absolute Gasteiger partial charge is 0.364 e. The lowest BCUT2D eigenvalue weighted by Gasteiger charge is -2.50. The lowest BCUT2D eigenvalue weighted by molar-refractivity contribution is 0.163. The number of rotatable bonds is 2. The van der Waals surface area contributed by atoms with Gasteiger partial charge in [-0.15, -0.1) is 0 Å². The number of nitrogens with one attached hydrogen (secondary N) is 2. The SMILES string of the molecule is CNC(=S)N/N=C1/C2CN3CCN(C2)CC1(c1ccccc1)C3. The zero-order valence-electron chi connectivity index (χ0n) is 13.5. The summed E-state index contributed by atoms with van der Waals surface area (Å²) in [4.78, 5) is 5.22. The molecule has 2 atom stereocenters. The Morgan fingerprint density at radius 2 is 1.83 bits per heavy atom. The first kappa shape index (κ1) is 15.1. The fourth-order valence-corrected chi connectivity index (χ4v) is 4.47. The number of benzene rings is 1. The first-order valence-corrected chi connectivity index (χ1v) is 8.68. The Bertz CT molecular complexity index is 613. The average Bonchev–Trinajstić information content (AvgIpc) is 2.83. The predicted octanol–water partition coefficient (Wildman–Crippen LogP) is 0.635. The minimum absolute atomic E-state index is 0.0186. The molecule has 4 aliphatic heterocycles. The maximum atomic E-state index is 5.22. The quantitative estimate of drug-likeness (QED) is 0.616. The number of thiocarbonyl (C=S) groups is 1. The summed E-state index contributed by atoms with van der Waals surface area (Å²) < 4.78 is 0. The third kappa shape index (κ3) is 2.55. The van der Waals surface area contributed by atoms with Crippen molar-refractivity contribution in [1.82, 2.24) is 20.5 Å². The van der Waals surface area contributed by atoms with Crippen molar-refractivity contribution in [3.05, 3.63) is 35.9 Å². The van der Waals surface area contributed by atoms with Crippen molar-refractivity contribution in [2.24, 2.45) is 11.0 Å². The number of hydrazone groups is 1. The molecule has 1 aromatic rings. The Hall–Kier alpha value is -1.50. The average molecular weight is 329 g/mol. The Morgan fingerprint density at radius 3 is 2.43 bits per heavy atom. The predicted molar refractivity (Wildman–Crippen MR) is 96.7 cm³/mol. The first-order chi connectivity index (χ1) is 11.2. The number of piperidine rings is 2. The molecule has 2 N–H and O–H groups in total. The topological polar surface area (TPSA) is 42.9 Å². The summed E-state index contributed by atoms with van der Waals surface area (Å²) in [6.45, 7) is 6.66. The molecular formula is C17H23N5S. The van der Waals surface area contributed by atoms with E-state index in [1.54, 1.807) is 0 Å². The van der Waals surface area contributed by atoms with Crippen molar-refractivity contribution in [1.29, 1.82) is 0 Å². The zero-order chi connectivity index (χ0) is 15.9. The standard InChI is InChI=1S/C17H23N5S/c1-18-16(23)20-19-15-13-9-21-7-8-22(10-13)12-17(15,11-21)14-5-3-2-4-6-14/h2-6,13H,7-12H2,1H3,(H2,18,20,23)/b19-15-. The van der Waals surface area contributed by atoms with Gasteiger partial charge in [0.05, 0.1) is 11.1 Å². The summed E-state index contributed by atoms with van der Waals surface area (Å²) >= 11 is 5.22. The maximum Gasteiger partial charge on any atom is 0.186 e. The van der Waals surface area contributed by atoms with Crippen LogP contribution in [0.1, 0.15) is 5.56 Å². The molecule has 0 amide bonds. The molecule has 6 heteroatoms. The molecule has 0 aliphatic carbocycles. The van der Waals surface area contributed by atoms with Gasteiger partial charge in [0.2, 0.25) is 0 Å². The number of fused-ring (bicyclic) bond motifs is 1. The van der Waals surface area contributed by atoms with Gasteiger partial charge in [0.25, 0.3) is 0 Å². The van der Waals surface area contributed by atoms with Gasteiger partial charge in [-0.1, -0.05) is 30.3 Å². The van der Waals surface area contributed by atoms with Crippen LogP contribution in [0, 0.1) is 5.92 Å². The van der Waals surface area contributed by atoms with Crippen LogP contribution in [-0.4, -0.2) is 66.9 Å². The minimum atomic E-state index is -0.0186. The third-order valence-corrected chi connectivity index (χ3v) is 5.68. The minimum Gasteiger partial charge on any atom is -0.364 e. The molecule has 23 heavy (non-hydrogen) atoms. The van der Waals surface area contributed by atoms with E-state index >= 15 is 0 Å². The van der Waals surface area contributed by atoms with E-state index in [2.05, 4.69) is 50.9 Å². The lowest BCUT2D eigenvalue weighted by atomic mass is 9.66. The van der Waals surface area contributed by atoms with Gasteiger partial charge >= 0.3 is 0 Å². The monoisotopic (exact) mass is 329 g/mol. The van der Waals surface area contributed by atoms with E-state index in [0.717, 1.165) is 26.2 Å². The van der Waals surface area contributed by atoms with Crippen LogP contribution in [0.25, 0.3) is 0 Å². The van der Waals surface area contributed by atoms with Crippen LogP contribution in [0.2, 0.25) is 0 Å². The van der Waals surface area contributed by atoms with Crippen LogP contribution in [0.3, 0.4) is 0 Å². The van der Waals surface area contributed by atoms with E-state index < -0.39 is 0 Å². The summed E-state index contributed by atoms with van der Waals surface area (Å²) in [5.41, 5.74) is 5.67. The van der Waals surface area contributed by atoms with Crippen LogP contribution in [-0.2, 0) is 5.41 Å². The normalized spacial score (nSPS) is 36.7. The molecule has 4 bridgehead atoms. The fourth-order valence-electron chi connectivity index (χ4n) is 4.43. The summed E-state index contributed by atoms with van der Waals surface area (Å²) in [5, 5.41) is 8.31. The number of hydrogen-bond donors (Lipinski definition) is 2. The second kappa shape index (κ2) is 5.85. The van der Waals surface area contributed by atoms with Gasteiger partial charge in [0.15, 0.2) is 5.11 Å². The van der Waals surface area contributed by atoms with E-state index in [1.165, 1.54) is 24.4 Å². The highest BCUT2D eigenvalue weighted by molar-refractivity contribution is 7.80. The molecule has 0 radical (unpaired) electrons. The molecule has 0 aromatic heterocycles. The van der Waals surface area contributed by atoms with Gasteiger partial charge in [-0.25, -0.2) is 0 Å². The van der Waals surface area contributed by atoms with Gasteiger partial charge in [0.1, 0.15) is 0 Å². The van der Waals surface area contributed by atoms with E-state index in [4.69, 9.17) is 17.3 Å². The molecular weight excluding hydrogens is 306 g/mol. The summed E-state index contributed by atoms with van der Waals surface area (Å²) in [5.74, 6) is 0.479. The molecule has 0 saturated carbocycles. The Balaban J connectivity index is 1.78. The van der Waals surface area contributed by atoms with Crippen LogP contribution in [0.4, 0.5) is 0 Å². The van der Waals surface area contributed by atoms with Crippen LogP contribution < -0.4 is 10.7 Å². The summed E-state index contributed by atoms with van der Waals surface area (Å²) in [6.07, 6.45) is 0. The molecule has 4 fully saturated rings.